The molecule has 0 amide bonds. The van der Waals surface area contributed by atoms with Crippen molar-refractivity contribution in [2.45, 2.75) is 12.8 Å². The predicted molar refractivity (Wildman–Crippen MR) is 56.0 cm³/mol. The number of nitrogens with zero attached hydrogens (tertiary/aromatic N) is 2. The van der Waals surface area contributed by atoms with Crippen LogP contribution in [-0.2, 0) is 0 Å². The topological polar surface area (TPSA) is 6.48 Å². The maximum Gasteiger partial charge on any atom is 0.0235 e. The van der Waals surface area contributed by atoms with Crippen molar-refractivity contribution in [1.82, 2.24) is 9.80 Å². The molecule has 0 spiro atoms. The van der Waals surface area contributed by atoms with Gasteiger partial charge in [0, 0.05) is 5.88 Å². The fraction of sp³-hybridized carbons (Fsp3) is 1.00. The Hall–Kier alpha value is 0.210. The standard InChI is InChI=1S/C9H21ClN2/c1-11(2)7-5-9-12(3)8-4-6-10/h4-9H2,1-3H3. The van der Waals surface area contributed by atoms with Crippen LogP contribution in [0.15, 0.2) is 0 Å². The summed E-state index contributed by atoms with van der Waals surface area (Å²) in [6, 6.07) is 0. The second-order valence-corrected chi connectivity index (χ2v) is 3.88. The molecule has 0 aliphatic heterocycles. The first kappa shape index (κ1) is 12.2. The third-order valence-electron chi connectivity index (χ3n) is 1.82. The summed E-state index contributed by atoms with van der Waals surface area (Å²) in [5.74, 6) is 0.776. The number of alkyl halides is 1. The lowest BCUT2D eigenvalue weighted by atomic mass is 10.3. The lowest BCUT2D eigenvalue weighted by Crippen LogP contribution is -2.24. The van der Waals surface area contributed by atoms with Crippen LogP contribution in [0.5, 0.6) is 0 Å². The van der Waals surface area contributed by atoms with Crippen LogP contribution in [0.1, 0.15) is 12.8 Å². The zero-order valence-electron chi connectivity index (χ0n) is 8.52. The minimum absolute atomic E-state index is 0.776. The fourth-order valence-corrected chi connectivity index (χ4v) is 1.22. The molecule has 2 nitrogen and oxygen atoms in total. The Kier molecular flexibility index (Phi) is 7.98. The summed E-state index contributed by atoms with van der Waals surface area (Å²) < 4.78 is 0. The third kappa shape index (κ3) is 8.31. The van der Waals surface area contributed by atoms with Gasteiger partial charge in [-0.05, 0) is 53.6 Å². The molecule has 0 unspecified atom stereocenters. The van der Waals surface area contributed by atoms with E-state index < -0.39 is 0 Å². The first-order valence-electron chi connectivity index (χ1n) is 4.56. The lowest BCUT2D eigenvalue weighted by molar-refractivity contribution is 0.301. The van der Waals surface area contributed by atoms with Crippen molar-refractivity contribution < 1.29 is 0 Å². The van der Waals surface area contributed by atoms with E-state index in [0.29, 0.717) is 0 Å². The zero-order valence-corrected chi connectivity index (χ0v) is 9.27. The lowest BCUT2D eigenvalue weighted by Gasteiger charge is -2.17. The van der Waals surface area contributed by atoms with Crippen LogP contribution in [0.25, 0.3) is 0 Å². The molecule has 0 radical (unpaired) electrons. The van der Waals surface area contributed by atoms with Crippen LogP contribution in [0, 0.1) is 0 Å². The number of halogens is 1. The molecule has 0 atom stereocenters. The van der Waals surface area contributed by atoms with Crippen molar-refractivity contribution in [2.75, 3.05) is 46.7 Å². The highest BCUT2D eigenvalue weighted by atomic mass is 35.5. The van der Waals surface area contributed by atoms with Gasteiger partial charge >= 0.3 is 0 Å². The molecule has 12 heavy (non-hydrogen) atoms. The zero-order chi connectivity index (χ0) is 9.40. The Balaban J connectivity index is 3.13. The minimum atomic E-state index is 0.776. The molecule has 0 bridgehead atoms. The second kappa shape index (κ2) is 7.84. The highest BCUT2D eigenvalue weighted by Crippen LogP contribution is 1.92. The van der Waals surface area contributed by atoms with Gasteiger partial charge in [0.05, 0.1) is 0 Å². The van der Waals surface area contributed by atoms with Crippen molar-refractivity contribution in [3.8, 4) is 0 Å². The molecule has 0 aromatic rings. The van der Waals surface area contributed by atoms with Crippen LogP contribution in [-0.4, -0.2) is 56.5 Å². The van der Waals surface area contributed by atoms with Crippen LogP contribution >= 0.6 is 11.6 Å². The third-order valence-corrected chi connectivity index (χ3v) is 2.09. The highest BCUT2D eigenvalue weighted by Gasteiger charge is 1.97. The molecule has 0 heterocycles. The van der Waals surface area contributed by atoms with Gasteiger partial charge in [0.15, 0.2) is 0 Å². The number of hydrogen-bond donors (Lipinski definition) is 0. The maximum atomic E-state index is 5.60. The molecular formula is C9H21ClN2. The van der Waals surface area contributed by atoms with E-state index in [-0.39, 0.29) is 0 Å². The second-order valence-electron chi connectivity index (χ2n) is 3.50. The van der Waals surface area contributed by atoms with E-state index in [4.69, 9.17) is 11.6 Å². The van der Waals surface area contributed by atoms with Gasteiger partial charge in [-0.15, -0.1) is 11.6 Å². The summed E-state index contributed by atoms with van der Waals surface area (Å²) in [5, 5.41) is 0. The molecule has 0 saturated carbocycles. The van der Waals surface area contributed by atoms with Gasteiger partial charge in [0.1, 0.15) is 0 Å². The van der Waals surface area contributed by atoms with Crippen LogP contribution < -0.4 is 0 Å². The highest BCUT2D eigenvalue weighted by molar-refractivity contribution is 6.17. The summed E-state index contributed by atoms with van der Waals surface area (Å²) in [5.41, 5.74) is 0. The van der Waals surface area contributed by atoms with E-state index in [1.165, 1.54) is 19.5 Å². The largest absolute Gasteiger partial charge is 0.309 e. The van der Waals surface area contributed by atoms with Gasteiger partial charge in [-0.3, -0.25) is 0 Å². The predicted octanol–water partition coefficient (Wildman–Crippen LogP) is 1.50. The Bertz CT molecular complexity index is 96.5. The summed E-state index contributed by atoms with van der Waals surface area (Å²) in [6.07, 6.45) is 2.34. The maximum absolute atomic E-state index is 5.60. The van der Waals surface area contributed by atoms with Gasteiger partial charge in [-0.2, -0.15) is 0 Å². The normalized spacial score (nSPS) is 11.5. The summed E-state index contributed by atoms with van der Waals surface area (Å²) >= 11 is 5.60. The Labute approximate surface area is 81.5 Å². The molecular weight excluding hydrogens is 172 g/mol. The molecule has 0 rings (SSSR count). The smallest absolute Gasteiger partial charge is 0.0235 e. The van der Waals surface area contributed by atoms with Crippen molar-refractivity contribution in [3.05, 3.63) is 0 Å². The number of hydrogen-bond acceptors (Lipinski definition) is 2. The van der Waals surface area contributed by atoms with Gasteiger partial charge in [-0.25, -0.2) is 0 Å². The molecule has 0 saturated heterocycles. The Morgan fingerprint density at radius 1 is 0.917 bits per heavy atom. The summed E-state index contributed by atoms with van der Waals surface area (Å²) in [6.45, 7) is 3.47. The number of rotatable bonds is 7. The van der Waals surface area contributed by atoms with E-state index in [2.05, 4.69) is 30.9 Å². The van der Waals surface area contributed by atoms with Gasteiger partial charge in [0.2, 0.25) is 0 Å². The van der Waals surface area contributed by atoms with Gasteiger partial charge in [0.25, 0.3) is 0 Å². The van der Waals surface area contributed by atoms with Crippen molar-refractivity contribution in [1.29, 1.82) is 0 Å². The average Bonchev–Trinajstić information content (AvgIpc) is 2.00. The first-order chi connectivity index (χ1) is 5.66. The Morgan fingerprint density at radius 3 is 2.00 bits per heavy atom. The summed E-state index contributed by atoms with van der Waals surface area (Å²) in [4.78, 5) is 4.56. The van der Waals surface area contributed by atoms with Gasteiger partial charge < -0.3 is 9.80 Å². The molecule has 0 aromatic heterocycles. The van der Waals surface area contributed by atoms with Crippen molar-refractivity contribution in [3.63, 3.8) is 0 Å². The van der Waals surface area contributed by atoms with Crippen LogP contribution in [0.4, 0.5) is 0 Å². The van der Waals surface area contributed by atoms with E-state index in [1.807, 2.05) is 0 Å². The molecule has 3 heteroatoms. The quantitative estimate of drug-likeness (QED) is 0.565. The van der Waals surface area contributed by atoms with E-state index in [1.54, 1.807) is 0 Å². The van der Waals surface area contributed by atoms with Crippen LogP contribution in [0.3, 0.4) is 0 Å². The monoisotopic (exact) mass is 192 g/mol. The molecule has 0 aliphatic rings. The molecule has 0 fully saturated rings. The average molecular weight is 193 g/mol. The molecule has 74 valence electrons. The fourth-order valence-electron chi connectivity index (χ4n) is 1.10. The van der Waals surface area contributed by atoms with Crippen molar-refractivity contribution in [2.24, 2.45) is 0 Å². The van der Waals surface area contributed by atoms with E-state index in [0.717, 1.165) is 18.8 Å². The molecule has 0 N–H and O–H groups in total. The van der Waals surface area contributed by atoms with E-state index in [9.17, 15) is 0 Å². The first-order valence-corrected chi connectivity index (χ1v) is 5.09. The van der Waals surface area contributed by atoms with E-state index >= 15 is 0 Å². The molecule has 0 aromatic carbocycles. The SMILES string of the molecule is CN(C)CCCN(C)CCCCl. The minimum Gasteiger partial charge on any atom is -0.309 e. The van der Waals surface area contributed by atoms with Crippen molar-refractivity contribution >= 4 is 11.6 Å². The van der Waals surface area contributed by atoms with Crippen LogP contribution in [0.2, 0.25) is 0 Å². The molecule has 0 aliphatic carbocycles. The Morgan fingerprint density at radius 2 is 1.50 bits per heavy atom. The van der Waals surface area contributed by atoms with Gasteiger partial charge in [-0.1, -0.05) is 0 Å². The summed E-state index contributed by atoms with van der Waals surface area (Å²) in [7, 11) is 6.37.